The van der Waals surface area contributed by atoms with Crippen molar-refractivity contribution in [2.75, 3.05) is 32.8 Å². The lowest BCUT2D eigenvalue weighted by Crippen LogP contribution is -2.49. The lowest BCUT2D eigenvalue weighted by atomic mass is 10.2. The molecule has 0 atom stereocenters. The number of halogens is 1. The summed E-state index contributed by atoms with van der Waals surface area (Å²) in [6.07, 6.45) is 0. The lowest BCUT2D eigenvalue weighted by Gasteiger charge is -2.33. The second-order valence-electron chi connectivity index (χ2n) is 5.53. The molecule has 2 rings (SSSR count). The molecule has 0 spiro atoms. The summed E-state index contributed by atoms with van der Waals surface area (Å²) < 4.78 is 31.7. The van der Waals surface area contributed by atoms with Crippen LogP contribution in [0.1, 0.15) is 17.3 Å². The highest BCUT2D eigenvalue weighted by Gasteiger charge is 2.29. The molecule has 1 saturated heterocycles. The molecule has 7 nitrogen and oxygen atoms in total. The largest absolute Gasteiger partial charge is 0.456 e. The number of sulfonamides is 1. The van der Waals surface area contributed by atoms with Crippen LogP contribution in [0.15, 0.2) is 40.8 Å². The first-order valence-electron chi connectivity index (χ1n) is 7.58. The van der Waals surface area contributed by atoms with Crippen LogP contribution in [0.3, 0.4) is 0 Å². The molecule has 0 aliphatic carbocycles. The molecule has 1 aromatic carbocycles. The summed E-state index contributed by atoms with van der Waals surface area (Å²) in [4.78, 5) is 24.9. The smallest absolute Gasteiger partial charge is 0.338 e. The van der Waals surface area contributed by atoms with Gasteiger partial charge < -0.3 is 9.64 Å². The van der Waals surface area contributed by atoms with E-state index in [0.717, 1.165) is 0 Å². The zero-order chi connectivity index (χ0) is 18.6. The summed E-state index contributed by atoms with van der Waals surface area (Å²) >= 11 is 5.55. The van der Waals surface area contributed by atoms with E-state index in [1.165, 1.54) is 35.5 Å². The number of carbonyl (C=O) groups excluding carboxylic acids is 2. The van der Waals surface area contributed by atoms with E-state index in [2.05, 4.69) is 6.58 Å². The SMILES string of the molecule is C=C(Cl)COC(=O)c1cccc(S(=O)(=O)N2CCN(C(C)=O)CC2)c1. The Morgan fingerprint density at radius 3 is 2.44 bits per heavy atom. The van der Waals surface area contributed by atoms with Gasteiger partial charge in [-0.1, -0.05) is 24.2 Å². The third-order valence-electron chi connectivity index (χ3n) is 3.75. The molecule has 0 aromatic heterocycles. The Bertz CT molecular complexity index is 785. The minimum atomic E-state index is -3.75. The highest BCUT2D eigenvalue weighted by Crippen LogP contribution is 2.19. The number of rotatable bonds is 5. The highest BCUT2D eigenvalue weighted by atomic mass is 35.5. The molecule has 25 heavy (non-hydrogen) atoms. The monoisotopic (exact) mass is 386 g/mol. The predicted octanol–water partition coefficient (Wildman–Crippen LogP) is 1.45. The zero-order valence-corrected chi connectivity index (χ0v) is 15.3. The van der Waals surface area contributed by atoms with Crippen LogP contribution in [0, 0.1) is 0 Å². The van der Waals surface area contributed by atoms with Gasteiger partial charge in [-0.15, -0.1) is 0 Å². The van der Waals surface area contributed by atoms with Gasteiger partial charge in [-0.05, 0) is 18.2 Å². The fraction of sp³-hybridized carbons (Fsp3) is 0.375. The second-order valence-corrected chi connectivity index (χ2v) is 8.00. The minimum Gasteiger partial charge on any atom is -0.456 e. The number of hydrogen-bond acceptors (Lipinski definition) is 5. The maximum Gasteiger partial charge on any atom is 0.338 e. The van der Waals surface area contributed by atoms with Crippen LogP contribution < -0.4 is 0 Å². The molecule has 1 heterocycles. The molecule has 0 N–H and O–H groups in total. The predicted molar refractivity (Wildman–Crippen MR) is 92.7 cm³/mol. The Hall–Kier alpha value is -1.90. The second kappa shape index (κ2) is 7.99. The van der Waals surface area contributed by atoms with Crippen LogP contribution in [0.2, 0.25) is 0 Å². The van der Waals surface area contributed by atoms with Crippen molar-refractivity contribution in [1.29, 1.82) is 0 Å². The first-order valence-corrected chi connectivity index (χ1v) is 9.40. The van der Waals surface area contributed by atoms with Gasteiger partial charge in [0, 0.05) is 38.1 Å². The molecule has 0 saturated carbocycles. The van der Waals surface area contributed by atoms with Crippen LogP contribution in [0.5, 0.6) is 0 Å². The van der Waals surface area contributed by atoms with Gasteiger partial charge in [0.2, 0.25) is 15.9 Å². The van der Waals surface area contributed by atoms with Gasteiger partial charge in [-0.3, -0.25) is 4.79 Å². The summed E-state index contributed by atoms with van der Waals surface area (Å²) in [6.45, 7) is 5.82. The Morgan fingerprint density at radius 2 is 1.88 bits per heavy atom. The summed E-state index contributed by atoms with van der Waals surface area (Å²) in [7, 11) is -3.75. The fourth-order valence-electron chi connectivity index (χ4n) is 2.40. The normalized spacial score (nSPS) is 15.7. The number of piperazine rings is 1. The molecule has 136 valence electrons. The molecule has 0 radical (unpaired) electrons. The maximum atomic E-state index is 12.7. The molecule has 1 aromatic rings. The van der Waals surface area contributed by atoms with Crippen molar-refractivity contribution >= 4 is 33.5 Å². The Labute approximate surface area is 151 Å². The quantitative estimate of drug-likeness (QED) is 0.715. The Balaban J connectivity index is 2.15. The fourth-order valence-corrected chi connectivity index (χ4v) is 3.93. The number of amides is 1. The van der Waals surface area contributed by atoms with Crippen LogP contribution in [0.4, 0.5) is 0 Å². The average molecular weight is 387 g/mol. The highest BCUT2D eigenvalue weighted by molar-refractivity contribution is 7.89. The molecular formula is C16H19ClN2O5S. The van der Waals surface area contributed by atoms with Crippen LogP contribution in [0.25, 0.3) is 0 Å². The van der Waals surface area contributed by atoms with E-state index in [1.807, 2.05) is 0 Å². The molecule has 0 bridgehead atoms. The van der Waals surface area contributed by atoms with Crippen LogP contribution in [-0.4, -0.2) is 62.3 Å². The molecule has 1 amide bonds. The molecular weight excluding hydrogens is 368 g/mol. The van der Waals surface area contributed by atoms with Gasteiger partial charge in [0.05, 0.1) is 10.5 Å². The summed E-state index contributed by atoms with van der Waals surface area (Å²) in [5, 5.41) is 0.167. The van der Waals surface area contributed by atoms with Crippen LogP contribution in [-0.2, 0) is 19.6 Å². The molecule has 1 aliphatic rings. The van der Waals surface area contributed by atoms with Crippen molar-refractivity contribution in [3.63, 3.8) is 0 Å². The van der Waals surface area contributed by atoms with E-state index in [4.69, 9.17) is 16.3 Å². The number of hydrogen-bond donors (Lipinski definition) is 0. The van der Waals surface area contributed by atoms with Crippen molar-refractivity contribution in [3.05, 3.63) is 41.4 Å². The zero-order valence-electron chi connectivity index (χ0n) is 13.8. The number of nitrogens with zero attached hydrogens (tertiary/aromatic N) is 2. The van der Waals surface area contributed by atoms with E-state index in [9.17, 15) is 18.0 Å². The van der Waals surface area contributed by atoms with Crippen LogP contribution >= 0.6 is 11.6 Å². The van der Waals surface area contributed by atoms with E-state index >= 15 is 0 Å². The van der Waals surface area contributed by atoms with Crippen molar-refractivity contribution in [1.82, 2.24) is 9.21 Å². The lowest BCUT2D eigenvalue weighted by molar-refractivity contribution is -0.129. The number of benzene rings is 1. The van der Waals surface area contributed by atoms with Gasteiger partial charge in [0.25, 0.3) is 0 Å². The third-order valence-corrected chi connectivity index (χ3v) is 5.76. The van der Waals surface area contributed by atoms with Gasteiger partial charge in [0.1, 0.15) is 6.61 Å². The number of esters is 1. The number of ether oxygens (including phenoxy) is 1. The topological polar surface area (TPSA) is 84.0 Å². The van der Waals surface area contributed by atoms with Gasteiger partial charge in [0.15, 0.2) is 0 Å². The van der Waals surface area contributed by atoms with Gasteiger partial charge in [-0.25, -0.2) is 13.2 Å². The molecule has 9 heteroatoms. The summed E-state index contributed by atoms with van der Waals surface area (Å²) in [5.74, 6) is -0.761. The van der Waals surface area contributed by atoms with Crippen molar-refractivity contribution in [2.45, 2.75) is 11.8 Å². The first-order chi connectivity index (χ1) is 11.7. The first kappa shape index (κ1) is 19.4. The standard InChI is InChI=1S/C16H19ClN2O5S/c1-12(17)11-24-16(21)14-4-3-5-15(10-14)25(22,23)19-8-6-18(7-9-19)13(2)20/h3-5,10H,1,6-9,11H2,2H3. The molecule has 1 fully saturated rings. The number of carbonyl (C=O) groups is 2. The van der Waals surface area contributed by atoms with Crippen molar-refractivity contribution < 1.29 is 22.7 Å². The summed E-state index contributed by atoms with van der Waals surface area (Å²) in [6, 6.07) is 5.63. The molecule has 0 unspecified atom stereocenters. The average Bonchev–Trinajstić information content (AvgIpc) is 2.59. The summed E-state index contributed by atoms with van der Waals surface area (Å²) in [5.41, 5.74) is 0.112. The maximum absolute atomic E-state index is 12.7. The van der Waals surface area contributed by atoms with E-state index in [-0.39, 0.29) is 41.1 Å². The van der Waals surface area contributed by atoms with E-state index < -0.39 is 16.0 Å². The van der Waals surface area contributed by atoms with E-state index in [1.54, 1.807) is 4.90 Å². The van der Waals surface area contributed by atoms with Crippen molar-refractivity contribution in [3.8, 4) is 0 Å². The molecule has 1 aliphatic heterocycles. The van der Waals surface area contributed by atoms with E-state index in [0.29, 0.717) is 13.1 Å². The Morgan fingerprint density at radius 1 is 1.24 bits per heavy atom. The van der Waals surface area contributed by atoms with Crippen molar-refractivity contribution in [2.24, 2.45) is 0 Å². The minimum absolute atomic E-state index is 0.00271. The van der Waals surface area contributed by atoms with Gasteiger partial charge >= 0.3 is 5.97 Å². The third kappa shape index (κ3) is 4.81. The Kier molecular flexibility index (Phi) is 6.21. The van der Waals surface area contributed by atoms with Gasteiger partial charge in [-0.2, -0.15) is 4.31 Å².